The average molecular weight is 299 g/mol. The van der Waals surface area contributed by atoms with Crippen molar-refractivity contribution >= 4 is 5.91 Å². The summed E-state index contributed by atoms with van der Waals surface area (Å²) in [6.07, 6.45) is 3.39. The highest BCUT2D eigenvalue weighted by molar-refractivity contribution is 5.78. The lowest BCUT2D eigenvalue weighted by atomic mass is 9.92. The maximum Gasteiger partial charge on any atom is 0.226 e. The Bertz CT molecular complexity index is 624. The Labute approximate surface area is 130 Å². The van der Waals surface area contributed by atoms with E-state index in [1.807, 2.05) is 30.3 Å². The third-order valence-corrected chi connectivity index (χ3v) is 4.01. The van der Waals surface area contributed by atoms with Gasteiger partial charge in [0.1, 0.15) is 6.26 Å². The number of nitrogens with one attached hydrogen (secondary N) is 2. The molecule has 1 aliphatic rings. The van der Waals surface area contributed by atoms with Gasteiger partial charge in [-0.05, 0) is 38.4 Å². The molecule has 2 aromatic rings. The highest BCUT2D eigenvalue weighted by atomic mass is 16.3. The number of amides is 1. The first-order chi connectivity index (χ1) is 10.7. The van der Waals surface area contributed by atoms with Crippen molar-refractivity contribution in [2.24, 2.45) is 5.92 Å². The van der Waals surface area contributed by atoms with Gasteiger partial charge in [0.05, 0.1) is 12.2 Å². The number of nitrogens with zero attached hydrogens (tertiary/aromatic N) is 1. The second kappa shape index (κ2) is 6.75. The molecule has 0 spiro atoms. The molecular weight excluding hydrogens is 278 g/mol. The van der Waals surface area contributed by atoms with Crippen molar-refractivity contribution in [2.75, 3.05) is 6.54 Å². The number of benzene rings is 1. The molecule has 5 heteroatoms. The quantitative estimate of drug-likeness (QED) is 0.909. The van der Waals surface area contributed by atoms with Gasteiger partial charge in [-0.3, -0.25) is 4.79 Å². The Morgan fingerprint density at radius 3 is 3.00 bits per heavy atom. The first-order valence-electron chi connectivity index (χ1n) is 7.73. The van der Waals surface area contributed by atoms with Gasteiger partial charge in [-0.1, -0.05) is 18.2 Å². The lowest BCUT2D eigenvalue weighted by Crippen LogP contribution is -2.42. The molecule has 1 aromatic carbocycles. The van der Waals surface area contributed by atoms with Crippen molar-refractivity contribution in [1.82, 2.24) is 15.6 Å². The number of carbonyl (C=O) groups excluding carboxylic acids is 1. The third kappa shape index (κ3) is 3.54. The molecule has 2 atom stereocenters. The smallest absolute Gasteiger partial charge is 0.226 e. The van der Waals surface area contributed by atoms with Crippen LogP contribution in [0, 0.1) is 5.92 Å². The number of oxazole rings is 1. The van der Waals surface area contributed by atoms with Gasteiger partial charge in [-0.15, -0.1) is 0 Å². The monoisotopic (exact) mass is 299 g/mol. The van der Waals surface area contributed by atoms with Gasteiger partial charge in [-0.25, -0.2) is 4.98 Å². The lowest BCUT2D eigenvalue weighted by molar-refractivity contribution is -0.126. The number of carbonyl (C=O) groups is 1. The van der Waals surface area contributed by atoms with Crippen LogP contribution in [0.4, 0.5) is 0 Å². The van der Waals surface area contributed by atoms with Crippen LogP contribution in [0.2, 0.25) is 0 Å². The molecule has 1 amide bonds. The van der Waals surface area contributed by atoms with Crippen LogP contribution in [0.15, 0.2) is 41.0 Å². The molecule has 1 aromatic heterocycles. The van der Waals surface area contributed by atoms with Crippen molar-refractivity contribution < 1.29 is 9.21 Å². The zero-order valence-corrected chi connectivity index (χ0v) is 12.7. The molecule has 22 heavy (non-hydrogen) atoms. The van der Waals surface area contributed by atoms with E-state index in [2.05, 4.69) is 22.5 Å². The summed E-state index contributed by atoms with van der Waals surface area (Å²) in [4.78, 5) is 16.6. The summed E-state index contributed by atoms with van der Waals surface area (Å²) in [6.45, 7) is 3.43. The highest BCUT2D eigenvalue weighted by Crippen LogP contribution is 2.19. The summed E-state index contributed by atoms with van der Waals surface area (Å²) >= 11 is 0. The normalized spacial score (nSPS) is 21.5. The highest BCUT2D eigenvalue weighted by Gasteiger charge is 2.24. The Hall–Kier alpha value is -2.14. The minimum Gasteiger partial charge on any atom is -0.444 e. The van der Waals surface area contributed by atoms with Crippen LogP contribution in [0.3, 0.4) is 0 Å². The van der Waals surface area contributed by atoms with E-state index in [4.69, 9.17) is 4.42 Å². The van der Waals surface area contributed by atoms with Crippen molar-refractivity contribution in [3.8, 4) is 11.5 Å². The molecule has 1 fully saturated rings. The van der Waals surface area contributed by atoms with E-state index in [0.29, 0.717) is 18.5 Å². The summed E-state index contributed by atoms with van der Waals surface area (Å²) in [6, 6.07) is 10.1. The summed E-state index contributed by atoms with van der Waals surface area (Å²) in [5.74, 6) is 0.787. The van der Waals surface area contributed by atoms with E-state index in [-0.39, 0.29) is 11.8 Å². The van der Waals surface area contributed by atoms with Gasteiger partial charge in [0, 0.05) is 17.5 Å². The van der Waals surface area contributed by atoms with Crippen LogP contribution >= 0.6 is 0 Å². The fourth-order valence-electron chi connectivity index (χ4n) is 2.79. The molecule has 0 bridgehead atoms. The van der Waals surface area contributed by atoms with E-state index in [0.717, 1.165) is 30.6 Å². The molecule has 0 saturated carbocycles. The molecule has 0 radical (unpaired) electrons. The van der Waals surface area contributed by atoms with Gasteiger partial charge >= 0.3 is 0 Å². The number of rotatable bonds is 4. The van der Waals surface area contributed by atoms with Crippen molar-refractivity contribution in [3.63, 3.8) is 0 Å². The molecule has 1 saturated heterocycles. The summed E-state index contributed by atoms with van der Waals surface area (Å²) in [7, 11) is 0. The number of piperidine rings is 1. The van der Waals surface area contributed by atoms with Gasteiger partial charge in [0.2, 0.25) is 11.8 Å². The van der Waals surface area contributed by atoms with Crippen molar-refractivity contribution in [2.45, 2.75) is 32.4 Å². The molecule has 2 heterocycles. The Balaban J connectivity index is 1.56. The zero-order chi connectivity index (χ0) is 15.4. The van der Waals surface area contributed by atoms with E-state index in [1.165, 1.54) is 0 Å². The van der Waals surface area contributed by atoms with Crippen LogP contribution in [-0.4, -0.2) is 23.5 Å². The average Bonchev–Trinajstić information content (AvgIpc) is 3.02. The fourth-order valence-corrected chi connectivity index (χ4v) is 2.79. The van der Waals surface area contributed by atoms with Crippen LogP contribution in [0.25, 0.3) is 11.5 Å². The topological polar surface area (TPSA) is 67.2 Å². The van der Waals surface area contributed by atoms with Gasteiger partial charge in [-0.2, -0.15) is 0 Å². The van der Waals surface area contributed by atoms with E-state index in [9.17, 15) is 4.79 Å². The first-order valence-corrected chi connectivity index (χ1v) is 7.73. The standard InChI is InChI=1S/C17H21N3O2/c1-12-9-14(7-8-18-12)16(21)19-10-15-11-22-17(20-15)13-5-3-2-4-6-13/h2-6,11-12,14,18H,7-10H2,1H3,(H,19,21)/t12-,14-/m0/s1. The van der Waals surface area contributed by atoms with Gasteiger partial charge in [0.25, 0.3) is 0 Å². The summed E-state index contributed by atoms with van der Waals surface area (Å²) in [5, 5.41) is 6.32. The van der Waals surface area contributed by atoms with E-state index >= 15 is 0 Å². The Morgan fingerprint density at radius 2 is 2.23 bits per heavy atom. The molecular formula is C17H21N3O2. The fraction of sp³-hybridized carbons (Fsp3) is 0.412. The molecule has 5 nitrogen and oxygen atoms in total. The largest absolute Gasteiger partial charge is 0.444 e. The molecule has 1 aliphatic heterocycles. The van der Waals surface area contributed by atoms with E-state index in [1.54, 1.807) is 6.26 Å². The third-order valence-electron chi connectivity index (χ3n) is 4.01. The predicted molar refractivity (Wildman–Crippen MR) is 84.0 cm³/mol. The van der Waals surface area contributed by atoms with Gasteiger partial charge < -0.3 is 15.1 Å². The Kier molecular flexibility index (Phi) is 4.53. The SMILES string of the molecule is C[C@H]1C[C@@H](C(=O)NCc2coc(-c3ccccc3)n2)CCN1. The minimum atomic E-state index is 0.0942. The summed E-state index contributed by atoms with van der Waals surface area (Å²) in [5.41, 5.74) is 1.68. The summed E-state index contributed by atoms with van der Waals surface area (Å²) < 4.78 is 5.47. The lowest BCUT2D eigenvalue weighted by Gasteiger charge is -2.26. The number of hydrogen-bond acceptors (Lipinski definition) is 4. The molecule has 0 unspecified atom stereocenters. The first kappa shape index (κ1) is 14.8. The second-order valence-corrected chi connectivity index (χ2v) is 5.80. The molecule has 116 valence electrons. The van der Waals surface area contributed by atoms with Crippen LogP contribution in [0.5, 0.6) is 0 Å². The van der Waals surface area contributed by atoms with Crippen LogP contribution < -0.4 is 10.6 Å². The van der Waals surface area contributed by atoms with Crippen molar-refractivity contribution in [1.29, 1.82) is 0 Å². The van der Waals surface area contributed by atoms with Gasteiger partial charge in [0.15, 0.2) is 0 Å². The molecule has 2 N–H and O–H groups in total. The van der Waals surface area contributed by atoms with Crippen molar-refractivity contribution in [3.05, 3.63) is 42.3 Å². The second-order valence-electron chi connectivity index (χ2n) is 5.80. The molecule has 0 aliphatic carbocycles. The number of hydrogen-bond donors (Lipinski definition) is 2. The van der Waals surface area contributed by atoms with Crippen LogP contribution in [-0.2, 0) is 11.3 Å². The predicted octanol–water partition coefficient (Wildman–Crippen LogP) is 2.35. The maximum absolute atomic E-state index is 12.2. The van der Waals surface area contributed by atoms with E-state index < -0.39 is 0 Å². The zero-order valence-electron chi connectivity index (χ0n) is 12.7. The molecule has 3 rings (SSSR count). The van der Waals surface area contributed by atoms with Crippen LogP contribution in [0.1, 0.15) is 25.5 Å². The number of aromatic nitrogens is 1. The maximum atomic E-state index is 12.2. The Morgan fingerprint density at radius 1 is 1.41 bits per heavy atom. The minimum absolute atomic E-state index is 0.0942.